The third kappa shape index (κ3) is 5.18. The molecule has 3 heterocycles. The Morgan fingerprint density at radius 3 is 2.92 bits per heavy atom. The number of nitrogens with zero attached hydrogens (tertiary/aromatic N) is 2. The molecule has 0 spiro atoms. The van der Waals surface area contributed by atoms with Crippen LogP contribution in [0.5, 0.6) is 0 Å². The van der Waals surface area contributed by atoms with Crippen molar-refractivity contribution in [3.63, 3.8) is 0 Å². The molecule has 0 saturated carbocycles. The molecule has 1 aromatic rings. The maximum Gasteiger partial charge on any atom is 0.261 e. The third-order valence-electron chi connectivity index (χ3n) is 4.69. The molecule has 0 radical (unpaired) electrons. The van der Waals surface area contributed by atoms with Crippen LogP contribution < -0.4 is 10.6 Å². The largest absolute Gasteiger partial charge is 0.351 e. The number of carbonyl (C=O) groups excluding carboxylic acids is 3. The van der Waals surface area contributed by atoms with Gasteiger partial charge in [-0.15, -0.1) is 23.7 Å². The van der Waals surface area contributed by atoms with Crippen molar-refractivity contribution >= 4 is 41.5 Å². The number of hydrogen-bond acceptors (Lipinski definition) is 5. The van der Waals surface area contributed by atoms with Crippen LogP contribution in [0.3, 0.4) is 0 Å². The smallest absolute Gasteiger partial charge is 0.261 e. The lowest BCUT2D eigenvalue weighted by molar-refractivity contribution is -0.140. The first-order chi connectivity index (χ1) is 12.1. The molecule has 3 rings (SSSR count). The van der Waals surface area contributed by atoms with E-state index in [-0.39, 0.29) is 36.2 Å². The minimum absolute atomic E-state index is 0. The van der Waals surface area contributed by atoms with Crippen molar-refractivity contribution in [2.75, 3.05) is 39.3 Å². The van der Waals surface area contributed by atoms with Gasteiger partial charge in [-0.1, -0.05) is 6.07 Å². The van der Waals surface area contributed by atoms with Crippen molar-refractivity contribution in [2.45, 2.75) is 25.3 Å². The molecule has 26 heavy (non-hydrogen) atoms. The fourth-order valence-electron chi connectivity index (χ4n) is 3.38. The lowest BCUT2D eigenvalue weighted by Crippen LogP contribution is -2.57. The number of thiophene rings is 1. The van der Waals surface area contributed by atoms with Gasteiger partial charge in [0, 0.05) is 45.2 Å². The molecule has 3 amide bonds. The Kier molecular flexibility index (Phi) is 7.86. The first kappa shape index (κ1) is 20.7. The molecule has 1 unspecified atom stereocenters. The van der Waals surface area contributed by atoms with Crippen LogP contribution in [0.1, 0.15) is 28.9 Å². The van der Waals surface area contributed by atoms with Gasteiger partial charge < -0.3 is 20.4 Å². The van der Waals surface area contributed by atoms with Gasteiger partial charge in [0.1, 0.15) is 0 Å². The highest BCUT2D eigenvalue weighted by Gasteiger charge is 2.31. The second-order valence-corrected chi connectivity index (χ2v) is 7.33. The molecule has 0 bridgehead atoms. The van der Waals surface area contributed by atoms with E-state index in [0.29, 0.717) is 37.5 Å². The summed E-state index contributed by atoms with van der Waals surface area (Å²) in [5, 5.41) is 7.72. The topological polar surface area (TPSA) is 81.8 Å². The second-order valence-electron chi connectivity index (χ2n) is 6.38. The molecule has 2 aliphatic rings. The predicted molar refractivity (Wildman–Crippen MR) is 103 cm³/mol. The van der Waals surface area contributed by atoms with Crippen LogP contribution in [0.4, 0.5) is 0 Å². The van der Waals surface area contributed by atoms with Crippen molar-refractivity contribution in [1.29, 1.82) is 0 Å². The maximum atomic E-state index is 12.4. The number of rotatable bonds is 5. The van der Waals surface area contributed by atoms with Gasteiger partial charge in [-0.2, -0.15) is 0 Å². The summed E-state index contributed by atoms with van der Waals surface area (Å²) in [5.41, 5.74) is 0. The zero-order valence-electron chi connectivity index (χ0n) is 14.6. The highest BCUT2D eigenvalue weighted by molar-refractivity contribution is 7.12. The van der Waals surface area contributed by atoms with Gasteiger partial charge >= 0.3 is 0 Å². The van der Waals surface area contributed by atoms with Gasteiger partial charge in [0.2, 0.25) is 11.8 Å². The Morgan fingerprint density at radius 1 is 1.35 bits per heavy atom. The van der Waals surface area contributed by atoms with Gasteiger partial charge in [-0.25, -0.2) is 0 Å². The van der Waals surface area contributed by atoms with Crippen molar-refractivity contribution in [1.82, 2.24) is 20.4 Å². The van der Waals surface area contributed by atoms with E-state index in [1.54, 1.807) is 6.07 Å². The Balaban J connectivity index is 0.00000243. The molecule has 2 N–H and O–H groups in total. The Morgan fingerprint density at radius 2 is 2.19 bits per heavy atom. The molecule has 9 heteroatoms. The fraction of sp³-hybridized carbons (Fsp3) is 0.588. The van der Waals surface area contributed by atoms with E-state index in [9.17, 15) is 14.4 Å². The van der Waals surface area contributed by atoms with Crippen molar-refractivity contribution in [2.24, 2.45) is 0 Å². The molecule has 1 atom stereocenters. The van der Waals surface area contributed by atoms with Crippen molar-refractivity contribution in [3.8, 4) is 0 Å². The minimum Gasteiger partial charge on any atom is -0.351 e. The summed E-state index contributed by atoms with van der Waals surface area (Å²) in [6.45, 7) is 3.58. The predicted octanol–water partition coefficient (Wildman–Crippen LogP) is 0.713. The zero-order chi connectivity index (χ0) is 17.6. The maximum absolute atomic E-state index is 12.4. The van der Waals surface area contributed by atoms with E-state index < -0.39 is 0 Å². The normalized spacial score (nSPS) is 20.5. The fourth-order valence-corrected chi connectivity index (χ4v) is 4.02. The van der Waals surface area contributed by atoms with Crippen LogP contribution >= 0.6 is 23.7 Å². The summed E-state index contributed by atoms with van der Waals surface area (Å²) >= 11 is 1.38. The number of piperidine rings is 1. The van der Waals surface area contributed by atoms with Crippen molar-refractivity contribution in [3.05, 3.63) is 22.4 Å². The van der Waals surface area contributed by atoms with E-state index >= 15 is 0 Å². The van der Waals surface area contributed by atoms with Gasteiger partial charge in [-0.05, 0) is 24.3 Å². The summed E-state index contributed by atoms with van der Waals surface area (Å²) in [6, 6.07) is 3.71. The Bertz CT molecular complexity index is 626. The van der Waals surface area contributed by atoms with Crippen LogP contribution in [-0.4, -0.2) is 72.8 Å². The first-order valence-electron chi connectivity index (χ1n) is 8.75. The second kappa shape index (κ2) is 9.89. The van der Waals surface area contributed by atoms with Crippen LogP contribution in [0, 0.1) is 0 Å². The summed E-state index contributed by atoms with van der Waals surface area (Å²) in [5.74, 6) is 0.0262. The first-order valence-corrected chi connectivity index (χ1v) is 9.63. The van der Waals surface area contributed by atoms with Crippen LogP contribution in [0.25, 0.3) is 0 Å². The van der Waals surface area contributed by atoms with E-state index in [2.05, 4.69) is 10.6 Å². The van der Waals surface area contributed by atoms with Crippen LogP contribution in [0.2, 0.25) is 0 Å². The number of amides is 3. The van der Waals surface area contributed by atoms with Gasteiger partial charge in [0.15, 0.2) is 0 Å². The monoisotopic (exact) mass is 400 g/mol. The van der Waals surface area contributed by atoms with Gasteiger partial charge in [0.05, 0.1) is 11.4 Å². The SMILES string of the molecule is Cl.O=C(NCCC(=O)N1CCCC(N2CCNCC2=O)C1)c1cccs1. The molecule has 0 aromatic carbocycles. The molecule has 2 aliphatic heterocycles. The number of piperazine rings is 1. The Labute approximate surface area is 163 Å². The van der Waals surface area contributed by atoms with Crippen molar-refractivity contribution < 1.29 is 14.4 Å². The van der Waals surface area contributed by atoms with Crippen LogP contribution in [0.15, 0.2) is 17.5 Å². The Hall–Kier alpha value is -1.64. The minimum atomic E-state index is -0.134. The molecule has 7 nitrogen and oxygen atoms in total. The molecule has 2 saturated heterocycles. The van der Waals surface area contributed by atoms with E-state index in [1.165, 1.54) is 11.3 Å². The quantitative estimate of drug-likeness (QED) is 0.762. The zero-order valence-corrected chi connectivity index (χ0v) is 16.2. The van der Waals surface area contributed by atoms with E-state index in [0.717, 1.165) is 25.9 Å². The number of carbonyl (C=O) groups is 3. The average molecular weight is 401 g/mol. The van der Waals surface area contributed by atoms with E-state index in [1.807, 2.05) is 21.2 Å². The molecular formula is C17H25ClN4O3S. The number of halogens is 1. The van der Waals surface area contributed by atoms with Gasteiger partial charge in [0.25, 0.3) is 5.91 Å². The average Bonchev–Trinajstić information content (AvgIpc) is 3.17. The molecule has 144 valence electrons. The molecule has 0 aliphatic carbocycles. The lowest BCUT2D eigenvalue weighted by Gasteiger charge is -2.41. The summed E-state index contributed by atoms with van der Waals surface area (Å²) < 4.78 is 0. The standard InChI is InChI=1S/C17H24N4O3S.ClH/c22-15(5-6-19-17(24)14-4-2-10-25-14)20-8-1-3-13(12-20)21-9-7-18-11-16(21)23;/h2,4,10,13,18H,1,3,5-9,11-12H2,(H,19,24);1H. The highest BCUT2D eigenvalue weighted by Crippen LogP contribution is 2.17. The number of hydrogen-bond donors (Lipinski definition) is 2. The van der Waals surface area contributed by atoms with Crippen LogP contribution in [-0.2, 0) is 9.59 Å². The molecule has 1 aromatic heterocycles. The summed E-state index contributed by atoms with van der Waals surface area (Å²) in [6.07, 6.45) is 2.15. The summed E-state index contributed by atoms with van der Waals surface area (Å²) in [4.78, 5) is 40.8. The molecular weight excluding hydrogens is 376 g/mol. The van der Waals surface area contributed by atoms with E-state index in [4.69, 9.17) is 0 Å². The lowest BCUT2D eigenvalue weighted by atomic mass is 10.0. The summed E-state index contributed by atoms with van der Waals surface area (Å²) in [7, 11) is 0. The third-order valence-corrected chi connectivity index (χ3v) is 5.55. The number of likely N-dealkylation sites (tertiary alicyclic amines) is 1. The highest BCUT2D eigenvalue weighted by atomic mass is 35.5. The molecule has 2 fully saturated rings. The number of nitrogens with one attached hydrogen (secondary N) is 2. The van der Waals surface area contributed by atoms with Gasteiger partial charge in [-0.3, -0.25) is 14.4 Å².